The van der Waals surface area contributed by atoms with Crippen molar-refractivity contribution in [1.82, 2.24) is 25.2 Å². The molecule has 0 unspecified atom stereocenters. The minimum atomic E-state index is -0.347. The number of nitrogens with zero attached hydrogens (tertiary/aromatic N) is 5. The maximum atomic E-state index is 11.9. The van der Waals surface area contributed by atoms with Gasteiger partial charge in [0.25, 0.3) is 5.91 Å². The number of rotatable bonds is 6. The van der Waals surface area contributed by atoms with Crippen LogP contribution in [0.15, 0.2) is 6.20 Å². The van der Waals surface area contributed by atoms with E-state index in [-0.39, 0.29) is 11.6 Å². The van der Waals surface area contributed by atoms with Gasteiger partial charge in [0.2, 0.25) is 5.13 Å². The van der Waals surface area contributed by atoms with Crippen molar-refractivity contribution in [3.8, 4) is 0 Å². The van der Waals surface area contributed by atoms with Crippen LogP contribution in [-0.2, 0) is 13.0 Å². The molecule has 0 saturated heterocycles. The third-order valence-corrected chi connectivity index (χ3v) is 3.26. The zero-order chi connectivity index (χ0) is 14.5. The molecule has 0 aliphatic heterocycles. The van der Waals surface area contributed by atoms with Crippen LogP contribution >= 0.6 is 11.3 Å². The van der Waals surface area contributed by atoms with Crippen LogP contribution < -0.4 is 11.1 Å². The normalized spacial score (nSPS) is 11.0. The van der Waals surface area contributed by atoms with Crippen LogP contribution in [0.3, 0.4) is 0 Å². The summed E-state index contributed by atoms with van der Waals surface area (Å²) in [6.07, 6.45) is 2.40. The van der Waals surface area contributed by atoms with Gasteiger partial charge in [0.05, 0.1) is 12.7 Å². The molecule has 0 spiro atoms. The fourth-order valence-corrected chi connectivity index (χ4v) is 2.49. The molecule has 0 bridgehead atoms. The van der Waals surface area contributed by atoms with E-state index in [2.05, 4.69) is 39.7 Å². The average molecular weight is 295 g/mol. The van der Waals surface area contributed by atoms with Crippen LogP contribution in [0.25, 0.3) is 0 Å². The van der Waals surface area contributed by atoms with Gasteiger partial charge in [-0.15, -0.1) is 15.3 Å². The maximum Gasteiger partial charge on any atom is 0.279 e. The smallest absolute Gasteiger partial charge is 0.279 e. The lowest BCUT2D eigenvalue weighted by Crippen LogP contribution is -2.12. The van der Waals surface area contributed by atoms with E-state index in [0.717, 1.165) is 11.4 Å². The number of anilines is 1. The zero-order valence-corrected chi connectivity index (χ0v) is 12.2. The molecule has 0 aromatic carbocycles. The molecule has 2 aromatic heterocycles. The van der Waals surface area contributed by atoms with Crippen molar-refractivity contribution in [2.75, 3.05) is 11.9 Å². The van der Waals surface area contributed by atoms with Gasteiger partial charge in [0.15, 0.2) is 5.69 Å². The summed E-state index contributed by atoms with van der Waals surface area (Å²) in [5, 5.41) is 19.6. The van der Waals surface area contributed by atoms with Gasteiger partial charge < -0.3 is 5.73 Å². The Bertz CT molecular complexity index is 577. The number of hydrogen-bond acceptors (Lipinski definition) is 7. The molecule has 0 aliphatic rings. The van der Waals surface area contributed by atoms with Crippen molar-refractivity contribution in [1.29, 1.82) is 0 Å². The molecular formula is C11H17N7OS. The number of carbonyl (C=O) groups is 1. The molecule has 0 aliphatic carbocycles. The third kappa shape index (κ3) is 3.81. The number of carbonyl (C=O) groups excluding carboxylic acids is 1. The first-order valence-electron chi connectivity index (χ1n) is 6.32. The summed E-state index contributed by atoms with van der Waals surface area (Å²) in [4.78, 5) is 11.9. The molecule has 1 amide bonds. The lowest BCUT2D eigenvalue weighted by Gasteiger charge is -1.97. The minimum Gasteiger partial charge on any atom is -0.329 e. The summed E-state index contributed by atoms with van der Waals surface area (Å²) >= 11 is 1.37. The largest absolute Gasteiger partial charge is 0.329 e. The molecule has 0 radical (unpaired) electrons. The number of nitrogens with two attached hydrogens (primary N) is 1. The van der Waals surface area contributed by atoms with Crippen molar-refractivity contribution < 1.29 is 4.79 Å². The first-order valence-corrected chi connectivity index (χ1v) is 7.14. The van der Waals surface area contributed by atoms with Gasteiger partial charge in [0.1, 0.15) is 5.01 Å². The highest BCUT2D eigenvalue weighted by atomic mass is 32.1. The quantitative estimate of drug-likeness (QED) is 0.804. The second-order valence-corrected chi connectivity index (χ2v) is 5.77. The van der Waals surface area contributed by atoms with Gasteiger partial charge in [-0.25, -0.2) is 0 Å². The van der Waals surface area contributed by atoms with Crippen molar-refractivity contribution >= 4 is 22.4 Å². The molecule has 2 heterocycles. The highest BCUT2D eigenvalue weighted by Crippen LogP contribution is 2.18. The third-order valence-electron chi connectivity index (χ3n) is 2.40. The molecule has 0 fully saturated rings. The summed E-state index contributed by atoms with van der Waals surface area (Å²) in [6, 6.07) is 0. The number of amides is 1. The molecule has 8 nitrogen and oxygen atoms in total. The summed E-state index contributed by atoms with van der Waals surface area (Å²) in [6.45, 7) is 5.18. The molecule has 3 N–H and O–H groups in total. The Balaban J connectivity index is 1.97. The fraction of sp³-hybridized carbons (Fsp3) is 0.545. The molecule has 9 heteroatoms. The van der Waals surface area contributed by atoms with E-state index in [1.165, 1.54) is 16.0 Å². The van der Waals surface area contributed by atoms with E-state index in [0.29, 0.717) is 24.1 Å². The Morgan fingerprint density at radius 3 is 2.95 bits per heavy atom. The number of aromatic nitrogens is 5. The van der Waals surface area contributed by atoms with E-state index in [4.69, 9.17) is 5.73 Å². The van der Waals surface area contributed by atoms with E-state index in [1.54, 1.807) is 6.20 Å². The van der Waals surface area contributed by atoms with Crippen molar-refractivity contribution in [2.24, 2.45) is 11.7 Å². The van der Waals surface area contributed by atoms with Gasteiger partial charge in [0, 0.05) is 13.0 Å². The maximum absolute atomic E-state index is 11.9. The van der Waals surface area contributed by atoms with Gasteiger partial charge in [-0.1, -0.05) is 30.4 Å². The van der Waals surface area contributed by atoms with Crippen molar-refractivity contribution in [3.05, 3.63) is 16.9 Å². The van der Waals surface area contributed by atoms with Crippen molar-refractivity contribution in [3.63, 3.8) is 0 Å². The molecule has 0 saturated carbocycles. The average Bonchev–Trinajstić information content (AvgIpc) is 2.99. The summed E-state index contributed by atoms with van der Waals surface area (Å²) in [5.41, 5.74) is 5.64. The van der Waals surface area contributed by atoms with Gasteiger partial charge in [-0.2, -0.15) is 0 Å². The van der Waals surface area contributed by atoms with Crippen LogP contribution in [0, 0.1) is 5.92 Å². The van der Waals surface area contributed by atoms with E-state index in [9.17, 15) is 4.79 Å². The first-order chi connectivity index (χ1) is 9.58. The zero-order valence-electron chi connectivity index (χ0n) is 11.4. The van der Waals surface area contributed by atoms with E-state index >= 15 is 0 Å². The van der Waals surface area contributed by atoms with Crippen LogP contribution in [0.5, 0.6) is 0 Å². The monoisotopic (exact) mass is 295 g/mol. The highest BCUT2D eigenvalue weighted by molar-refractivity contribution is 7.15. The van der Waals surface area contributed by atoms with Crippen molar-refractivity contribution in [2.45, 2.75) is 26.8 Å². The topological polar surface area (TPSA) is 112 Å². The van der Waals surface area contributed by atoms with Gasteiger partial charge >= 0.3 is 0 Å². The second-order valence-electron chi connectivity index (χ2n) is 4.71. The number of nitrogens with one attached hydrogen (secondary N) is 1. The Hall–Kier alpha value is -1.87. The summed E-state index contributed by atoms with van der Waals surface area (Å²) < 4.78 is 1.53. The van der Waals surface area contributed by atoms with Crippen LogP contribution in [0.4, 0.5) is 5.13 Å². The standard InChI is InChI=1S/C11H17N7OS/c1-7(2)5-9-15-16-11(20-9)13-10(19)8-6-18(4-3-12)17-14-8/h6-7H,3-5,12H2,1-2H3,(H,13,16,19). The van der Waals surface area contributed by atoms with E-state index in [1.807, 2.05) is 0 Å². The van der Waals surface area contributed by atoms with Gasteiger partial charge in [-0.05, 0) is 5.92 Å². The van der Waals surface area contributed by atoms with Crippen LogP contribution in [0.2, 0.25) is 0 Å². The minimum absolute atomic E-state index is 0.235. The molecule has 0 atom stereocenters. The van der Waals surface area contributed by atoms with Crippen LogP contribution in [-0.4, -0.2) is 37.6 Å². The molecule has 20 heavy (non-hydrogen) atoms. The predicted molar refractivity (Wildman–Crippen MR) is 75.5 cm³/mol. The Morgan fingerprint density at radius 1 is 1.45 bits per heavy atom. The first kappa shape index (κ1) is 14.5. The Morgan fingerprint density at radius 2 is 2.25 bits per heavy atom. The fourth-order valence-electron chi connectivity index (χ4n) is 1.54. The molecular weight excluding hydrogens is 278 g/mol. The molecule has 2 rings (SSSR count). The number of hydrogen-bond donors (Lipinski definition) is 2. The Kier molecular flexibility index (Phi) is 4.74. The lowest BCUT2D eigenvalue weighted by molar-refractivity contribution is 0.102. The molecule has 108 valence electrons. The second kappa shape index (κ2) is 6.53. The molecule has 2 aromatic rings. The van der Waals surface area contributed by atoms with E-state index < -0.39 is 0 Å². The lowest BCUT2D eigenvalue weighted by atomic mass is 10.1. The SMILES string of the molecule is CC(C)Cc1nnc(NC(=O)c2cn(CCN)nn2)s1. The van der Waals surface area contributed by atoms with Crippen LogP contribution in [0.1, 0.15) is 29.3 Å². The highest BCUT2D eigenvalue weighted by Gasteiger charge is 2.14. The summed E-state index contributed by atoms with van der Waals surface area (Å²) in [5.74, 6) is 0.156. The Labute approximate surface area is 120 Å². The predicted octanol–water partition coefficient (Wildman–Crippen LogP) is 0.539. The summed E-state index contributed by atoms with van der Waals surface area (Å²) in [7, 11) is 0. The van der Waals surface area contributed by atoms with Gasteiger partial charge in [-0.3, -0.25) is 14.8 Å².